The van der Waals surface area contributed by atoms with Gasteiger partial charge in [-0.15, -0.1) is 0 Å². The smallest absolute Gasteiger partial charge is 0.156 e. The number of aryl methyl sites for hydroxylation is 1. The van der Waals surface area contributed by atoms with Gasteiger partial charge in [-0.3, -0.25) is 0 Å². The predicted molar refractivity (Wildman–Crippen MR) is 195 cm³/mol. The van der Waals surface area contributed by atoms with Gasteiger partial charge in [0.1, 0.15) is 0 Å². The molecule has 1 spiro atoms. The van der Waals surface area contributed by atoms with Gasteiger partial charge in [0.05, 0.1) is 23.0 Å². The van der Waals surface area contributed by atoms with E-state index in [1.54, 1.807) is 0 Å². The molecule has 1 heterocycles. The lowest BCUT2D eigenvalue weighted by atomic mass is 9.66. The maximum Gasteiger partial charge on any atom is 0.156 e. The van der Waals surface area contributed by atoms with Crippen molar-refractivity contribution in [3.63, 3.8) is 0 Å². The summed E-state index contributed by atoms with van der Waals surface area (Å²) in [5.74, 6) is 1.11. The van der Waals surface area contributed by atoms with E-state index >= 15 is 0 Å². The molecular weight excluding hydrogens is 583 g/mol. The summed E-state index contributed by atoms with van der Waals surface area (Å²) in [4.78, 5) is 10.4. The third-order valence-electron chi connectivity index (χ3n) is 11.2. The Morgan fingerprint density at radius 2 is 1.52 bits per heavy atom. The van der Waals surface area contributed by atoms with Crippen LogP contribution in [-0.4, -0.2) is 9.97 Å². The summed E-state index contributed by atoms with van der Waals surface area (Å²) >= 11 is 0. The fraction of sp³-hybridized carbons (Fsp3) is 0.222. The lowest BCUT2D eigenvalue weighted by Gasteiger charge is -2.37. The molecule has 9 rings (SSSR count). The highest BCUT2D eigenvalue weighted by Crippen LogP contribution is 2.59. The van der Waals surface area contributed by atoms with Gasteiger partial charge < -0.3 is 0 Å². The summed E-state index contributed by atoms with van der Waals surface area (Å²) in [7, 11) is 0. The topological polar surface area (TPSA) is 49.6 Å². The quantitative estimate of drug-likeness (QED) is 0.201. The molecule has 48 heavy (non-hydrogen) atoms. The second-order valence-electron chi connectivity index (χ2n) is 13.9. The Morgan fingerprint density at radius 3 is 2.38 bits per heavy atom. The van der Waals surface area contributed by atoms with Crippen LogP contribution in [0.1, 0.15) is 90.1 Å². The molecule has 4 aliphatic carbocycles. The van der Waals surface area contributed by atoms with E-state index in [1.807, 2.05) is 6.07 Å². The third-order valence-corrected chi connectivity index (χ3v) is 11.2. The minimum Gasteiger partial charge on any atom is -0.228 e. The first-order valence-corrected chi connectivity index (χ1v) is 17.5. The second-order valence-corrected chi connectivity index (χ2v) is 13.9. The van der Waals surface area contributed by atoms with Crippen LogP contribution in [0.25, 0.3) is 39.7 Å². The van der Waals surface area contributed by atoms with Crippen molar-refractivity contribution in [2.24, 2.45) is 0 Å². The Balaban J connectivity index is 1.12. The number of nitriles is 1. The van der Waals surface area contributed by atoms with Crippen LogP contribution in [0.2, 0.25) is 0 Å². The highest BCUT2D eigenvalue weighted by molar-refractivity contribution is 5.91. The van der Waals surface area contributed by atoms with Gasteiger partial charge in [-0.1, -0.05) is 110 Å². The number of nitrogens with zero attached hydrogens (tertiary/aromatic N) is 3. The second kappa shape index (κ2) is 11.7. The van der Waals surface area contributed by atoms with E-state index in [2.05, 4.69) is 121 Å². The minimum absolute atomic E-state index is 0.0288. The van der Waals surface area contributed by atoms with Crippen molar-refractivity contribution in [1.82, 2.24) is 9.97 Å². The van der Waals surface area contributed by atoms with E-state index < -0.39 is 0 Å². The molecule has 1 fully saturated rings. The zero-order chi connectivity index (χ0) is 32.1. The molecule has 3 nitrogen and oxygen atoms in total. The van der Waals surface area contributed by atoms with Crippen LogP contribution in [0.15, 0.2) is 121 Å². The normalized spacial score (nSPS) is 18.9. The van der Waals surface area contributed by atoms with E-state index in [-0.39, 0.29) is 5.41 Å². The van der Waals surface area contributed by atoms with Crippen LogP contribution in [0.5, 0.6) is 0 Å². The number of allylic oxidation sites excluding steroid dienone is 5. The number of aromatic nitrogens is 2. The van der Waals surface area contributed by atoms with Crippen molar-refractivity contribution >= 4 is 17.2 Å². The molecule has 0 amide bonds. The maximum atomic E-state index is 9.75. The van der Waals surface area contributed by atoms with E-state index in [4.69, 9.17) is 9.97 Å². The van der Waals surface area contributed by atoms with Crippen LogP contribution in [0.3, 0.4) is 0 Å². The third kappa shape index (κ3) is 4.87. The van der Waals surface area contributed by atoms with E-state index in [9.17, 15) is 5.26 Å². The zero-order valence-electron chi connectivity index (χ0n) is 27.1. The molecule has 5 aromatic rings. The first kappa shape index (κ1) is 28.9. The summed E-state index contributed by atoms with van der Waals surface area (Å²) < 4.78 is 0. The van der Waals surface area contributed by atoms with Crippen LogP contribution < -0.4 is 0 Å². The van der Waals surface area contributed by atoms with Gasteiger partial charge in [0.25, 0.3) is 0 Å². The lowest BCUT2D eigenvalue weighted by Crippen LogP contribution is -2.29. The van der Waals surface area contributed by atoms with Gasteiger partial charge in [0.15, 0.2) is 5.82 Å². The summed E-state index contributed by atoms with van der Waals surface area (Å²) in [6.07, 6.45) is 16.3. The zero-order valence-corrected chi connectivity index (χ0v) is 27.1. The molecule has 1 aromatic heterocycles. The molecular formula is C45H37N3. The first-order chi connectivity index (χ1) is 23.7. The van der Waals surface area contributed by atoms with Crippen LogP contribution in [-0.2, 0) is 11.8 Å². The molecule has 1 unspecified atom stereocenters. The Bertz CT molecular complexity index is 2210. The highest BCUT2D eigenvalue weighted by Gasteiger charge is 2.47. The molecule has 3 heteroatoms. The number of benzene rings is 4. The molecule has 4 aromatic carbocycles. The number of fused-ring (bicyclic) bond motifs is 6. The Labute approximate surface area is 283 Å². The largest absolute Gasteiger partial charge is 0.228 e. The van der Waals surface area contributed by atoms with E-state index in [0.717, 1.165) is 66.0 Å². The van der Waals surface area contributed by atoms with Crippen LogP contribution >= 0.6 is 0 Å². The van der Waals surface area contributed by atoms with Crippen LogP contribution in [0.4, 0.5) is 0 Å². The molecule has 0 bridgehead atoms. The van der Waals surface area contributed by atoms with Crippen molar-refractivity contribution in [2.75, 3.05) is 0 Å². The molecule has 1 saturated carbocycles. The Morgan fingerprint density at radius 1 is 0.729 bits per heavy atom. The van der Waals surface area contributed by atoms with Crippen molar-refractivity contribution in [3.8, 4) is 28.6 Å². The average molecular weight is 620 g/mol. The summed E-state index contributed by atoms with van der Waals surface area (Å²) in [6, 6.07) is 39.1. The summed E-state index contributed by atoms with van der Waals surface area (Å²) in [5, 5.41) is 9.75. The first-order valence-electron chi connectivity index (χ1n) is 17.5. The summed E-state index contributed by atoms with van der Waals surface area (Å²) in [6.45, 7) is 0. The Hall–Kier alpha value is -5.33. The van der Waals surface area contributed by atoms with Crippen molar-refractivity contribution in [2.45, 2.75) is 62.7 Å². The van der Waals surface area contributed by atoms with Gasteiger partial charge >= 0.3 is 0 Å². The molecule has 232 valence electrons. The van der Waals surface area contributed by atoms with E-state index in [1.165, 1.54) is 63.8 Å². The number of hydrogen-bond acceptors (Lipinski definition) is 3. The maximum absolute atomic E-state index is 9.75. The standard InChI is InChI=1S/C45H37N3/c46-29-30-16-20-38-39-21-19-35(27-41(39)45(40(38)24-30)22-7-2-8-23-45)34-14-9-15-36(25-34)43-28-42(32-11-3-1-4-12-32)47-44(48-43)37-18-17-31-10-5-6-13-33(31)26-37/h1,3-6,9-16,20-21,24-28,35H,2,7-8,17-19,22-23H2. The summed E-state index contributed by atoms with van der Waals surface area (Å²) in [5.41, 5.74) is 15.7. The van der Waals surface area contributed by atoms with Gasteiger partial charge in [-0.25, -0.2) is 9.97 Å². The van der Waals surface area contributed by atoms with Crippen molar-refractivity contribution < 1.29 is 0 Å². The molecule has 1 atom stereocenters. The van der Waals surface area contributed by atoms with Crippen LogP contribution in [0, 0.1) is 11.3 Å². The van der Waals surface area contributed by atoms with Gasteiger partial charge in [0.2, 0.25) is 0 Å². The van der Waals surface area contributed by atoms with Gasteiger partial charge in [-0.05, 0) is 107 Å². The SMILES string of the molecule is N#Cc1ccc2c(c1)C1(CCCCC1)C1=CC(c3cccc(-c4cc(-c5ccccc5)nc(C5=Cc6ccccc6CC5)n4)c3)CC=C12. The fourth-order valence-electron chi connectivity index (χ4n) is 8.73. The molecule has 0 saturated heterocycles. The number of hydrogen-bond donors (Lipinski definition) is 0. The minimum atomic E-state index is 0.0288. The Kier molecular flexibility index (Phi) is 7.05. The highest BCUT2D eigenvalue weighted by atomic mass is 14.9. The molecule has 0 radical (unpaired) electrons. The van der Waals surface area contributed by atoms with Gasteiger partial charge in [0, 0.05) is 22.5 Å². The number of rotatable bonds is 4. The monoisotopic (exact) mass is 619 g/mol. The van der Waals surface area contributed by atoms with E-state index in [0.29, 0.717) is 5.92 Å². The molecule has 0 aliphatic heterocycles. The predicted octanol–water partition coefficient (Wildman–Crippen LogP) is 10.9. The van der Waals surface area contributed by atoms with Gasteiger partial charge in [-0.2, -0.15) is 5.26 Å². The lowest BCUT2D eigenvalue weighted by molar-refractivity contribution is 0.351. The van der Waals surface area contributed by atoms with Crippen molar-refractivity contribution in [1.29, 1.82) is 5.26 Å². The average Bonchev–Trinajstić information content (AvgIpc) is 3.42. The molecule has 4 aliphatic rings. The molecule has 0 N–H and O–H groups in total. The van der Waals surface area contributed by atoms with Crippen molar-refractivity contribution in [3.05, 3.63) is 160 Å². The fourth-order valence-corrected chi connectivity index (χ4v) is 8.73.